The van der Waals surface area contributed by atoms with Crippen molar-refractivity contribution in [2.45, 2.75) is 121 Å². The van der Waals surface area contributed by atoms with Crippen LogP contribution in [0.1, 0.15) is 90.5 Å². The SMILES string of the molecule is [2H]C([2H])([2H])OCC12CCC(CN(c3nc(SC)nc4c(F)c(-c5cc(OCOC)cc6ccc(F)c(C#C[Si](C(C)C)(C(C)C)C(C)C)c56)nc(C)c34)C1)N2C(=O)OC(C)(C)C. The first-order chi connectivity index (χ1) is 29.0. The lowest BCUT2D eigenvalue weighted by Gasteiger charge is -2.49. The molecule has 2 bridgehead atoms. The van der Waals surface area contributed by atoms with E-state index in [-0.39, 0.29) is 47.4 Å². The Labute approximate surface area is 357 Å². The molecule has 318 valence electrons. The molecule has 0 spiro atoms. The van der Waals surface area contributed by atoms with E-state index in [1.165, 1.54) is 24.9 Å². The lowest BCUT2D eigenvalue weighted by atomic mass is 9.95. The molecule has 0 aliphatic carbocycles. The zero-order valence-corrected chi connectivity index (χ0v) is 38.1. The van der Waals surface area contributed by atoms with Crippen LogP contribution in [0.2, 0.25) is 16.6 Å². The van der Waals surface area contributed by atoms with Crippen molar-refractivity contribution >= 4 is 53.4 Å². The predicted molar refractivity (Wildman–Crippen MR) is 235 cm³/mol. The van der Waals surface area contributed by atoms with Gasteiger partial charge in [0.15, 0.2) is 17.8 Å². The van der Waals surface area contributed by atoms with E-state index in [0.29, 0.717) is 69.4 Å². The third-order valence-corrected chi connectivity index (χ3v) is 18.8. The number of hydrogen-bond donors (Lipinski definition) is 0. The van der Waals surface area contributed by atoms with E-state index in [9.17, 15) is 4.79 Å². The molecular formula is C45H59F2N5O5SSi. The van der Waals surface area contributed by atoms with Gasteiger partial charge in [-0.2, -0.15) is 0 Å². The molecule has 0 saturated carbocycles. The Balaban J connectivity index is 1.58. The monoisotopic (exact) mass is 850 g/mol. The van der Waals surface area contributed by atoms with Crippen molar-refractivity contribution in [2.24, 2.45) is 0 Å². The summed E-state index contributed by atoms with van der Waals surface area (Å²) < 4.78 is 79.9. The number of pyridine rings is 1. The highest BCUT2D eigenvalue weighted by atomic mass is 32.2. The summed E-state index contributed by atoms with van der Waals surface area (Å²) in [5, 5.41) is 1.62. The van der Waals surface area contributed by atoms with Crippen LogP contribution in [0.5, 0.6) is 5.75 Å². The summed E-state index contributed by atoms with van der Waals surface area (Å²) in [6, 6.07) is 6.02. The molecule has 1 amide bonds. The van der Waals surface area contributed by atoms with Gasteiger partial charge in [-0.1, -0.05) is 65.3 Å². The van der Waals surface area contributed by atoms with Crippen LogP contribution in [-0.4, -0.2) is 98.1 Å². The number of piperazine rings is 1. The average Bonchev–Trinajstić information content (AvgIpc) is 3.42. The summed E-state index contributed by atoms with van der Waals surface area (Å²) in [5.74, 6) is 2.80. The second-order valence-corrected chi connectivity index (χ2v) is 24.1. The number of rotatable bonds is 11. The zero-order valence-electron chi connectivity index (χ0n) is 39.3. The third-order valence-electron chi connectivity index (χ3n) is 12.0. The van der Waals surface area contributed by atoms with Crippen LogP contribution in [0.15, 0.2) is 29.4 Å². The highest BCUT2D eigenvalue weighted by molar-refractivity contribution is 7.98. The van der Waals surface area contributed by atoms with Gasteiger partial charge in [0.2, 0.25) is 0 Å². The number of hydrogen-bond acceptors (Lipinski definition) is 10. The molecule has 0 radical (unpaired) electrons. The maximum atomic E-state index is 17.7. The predicted octanol–water partition coefficient (Wildman–Crippen LogP) is 10.3. The topological polar surface area (TPSA) is 99.1 Å². The van der Waals surface area contributed by atoms with Crippen molar-refractivity contribution in [3.8, 4) is 28.5 Å². The molecule has 2 aromatic carbocycles. The van der Waals surface area contributed by atoms with E-state index in [4.69, 9.17) is 38.0 Å². The molecular weight excluding hydrogens is 789 g/mol. The van der Waals surface area contributed by atoms with Crippen LogP contribution in [0.25, 0.3) is 32.9 Å². The first-order valence-corrected chi connectivity index (χ1v) is 23.7. The number of methoxy groups -OCH3 is 2. The zero-order chi connectivity index (χ0) is 45.7. The number of aromatic nitrogens is 3. The lowest BCUT2D eigenvalue weighted by Crippen LogP contribution is -2.66. The molecule has 4 aromatic rings. The Morgan fingerprint density at radius 3 is 2.41 bits per heavy atom. The maximum absolute atomic E-state index is 17.7. The molecule has 6 rings (SSSR count). The number of carbonyl (C=O) groups excluding carboxylic acids is 1. The average molecular weight is 851 g/mol. The molecule has 2 saturated heterocycles. The molecule has 0 N–H and O–H groups in total. The van der Waals surface area contributed by atoms with Crippen LogP contribution in [0, 0.1) is 30.0 Å². The molecule has 2 aliphatic heterocycles. The Hall–Kier alpha value is -4.03. The summed E-state index contributed by atoms with van der Waals surface area (Å²) in [6.45, 7) is 20.3. The standard InChI is InChI=1S/C45H59F2N5O5SSi/c1-26(2)59(27(3)4,28(5)6)19-17-33-35(46)15-14-30-20-32(56-25-55-12)21-34(37(30)33)39-38(47)40-36(29(7)48-39)41(50-42(49-40)58-13)51-22-31-16-18-45(23-51,24-54-11)52(31)43(53)57-44(8,9)10/h14-15,20-21,26-28,31H,16,18,22-25H2,1-13H3/i11D3. The van der Waals surface area contributed by atoms with Crippen LogP contribution < -0.4 is 9.64 Å². The van der Waals surface area contributed by atoms with Gasteiger partial charge in [0, 0.05) is 38.2 Å². The van der Waals surface area contributed by atoms with Crippen molar-refractivity contribution in [1.82, 2.24) is 19.9 Å². The number of nitrogens with zero attached hydrogens (tertiary/aromatic N) is 5. The Morgan fingerprint density at radius 1 is 1.07 bits per heavy atom. The second-order valence-electron chi connectivity index (χ2n) is 17.7. The van der Waals surface area contributed by atoms with Crippen molar-refractivity contribution in [3.63, 3.8) is 0 Å². The number of benzene rings is 2. The Morgan fingerprint density at radius 2 is 1.78 bits per heavy atom. The van der Waals surface area contributed by atoms with Crippen LogP contribution >= 0.6 is 11.8 Å². The summed E-state index contributed by atoms with van der Waals surface area (Å²) in [5.41, 5.74) is 3.43. The van der Waals surface area contributed by atoms with Crippen molar-refractivity contribution in [2.75, 3.05) is 51.8 Å². The van der Waals surface area contributed by atoms with Gasteiger partial charge in [-0.3, -0.25) is 4.90 Å². The largest absolute Gasteiger partial charge is 0.468 e. The van der Waals surface area contributed by atoms with Crippen molar-refractivity contribution in [1.29, 1.82) is 0 Å². The minimum atomic E-state index is -2.71. The van der Waals surface area contributed by atoms with Gasteiger partial charge >= 0.3 is 6.09 Å². The molecule has 2 aliphatic rings. The van der Waals surface area contributed by atoms with Crippen molar-refractivity contribution in [3.05, 3.63) is 47.2 Å². The number of anilines is 1. The number of ether oxygens (including phenoxy) is 4. The first-order valence-electron chi connectivity index (χ1n) is 21.7. The lowest BCUT2D eigenvalue weighted by molar-refractivity contribution is -0.0261. The molecule has 2 unspecified atom stereocenters. The van der Waals surface area contributed by atoms with Gasteiger partial charge in [-0.15, -0.1) is 5.54 Å². The minimum Gasteiger partial charge on any atom is -0.468 e. The molecule has 2 aromatic heterocycles. The summed E-state index contributed by atoms with van der Waals surface area (Å²) >= 11 is 1.24. The molecule has 2 fully saturated rings. The van der Waals surface area contributed by atoms with Gasteiger partial charge in [-0.25, -0.2) is 28.5 Å². The fourth-order valence-electron chi connectivity index (χ4n) is 9.55. The second kappa shape index (κ2) is 17.1. The molecule has 2 atom stereocenters. The van der Waals surface area contributed by atoms with Gasteiger partial charge in [-0.05, 0) is 87.0 Å². The van der Waals surface area contributed by atoms with E-state index >= 15 is 8.78 Å². The molecule has 14 heteroatoms. The smallest absolute Gasteiger partial charge is 0.411 e. The fourth-order valence-corrected chi connectivity index (χ4v) is 15.1. The van der Waals surface area contributed by atoms with E-state index < -0.39 is 50.0 Å². The highest BCUT2D eigenvalue weighted by Crippen LogP contribution is 2.46. The van der Waals surface area contributed by atoms with Crippen molar-refractivity contribution < 1.29 is 36.6 Å². The van der Waals surface area contributed by atoms with Gasteiger partial charge < -0.3 is 23.8 Å². The molecule has 4 heterocycles. The van der Waals surface area contributed by atoms with Crippen LogP contribution in [0.4, 0.5) is 19.4 Å². The Bertz CT molecular complexity index is 2400. The number of thioether (sulfide) groups is 1. The van der Waals surface area contributed by atoms with E-state index in [1.54, 1.807) is 57.0 Å². The maximum Gasteiger partial charge on any atom is 0.411 e. The molecule has 59 heavy (non-hydrogen) atoms. The van der Waals surface area contributed by atoms with Gasteiger partial charge in [0.25, 0.3) is 0 Å². The Kier molecular flexibility index (Phi) is 11.7. The summed E-state index contributed by atoms with van der Waals surface area (Å²) in [7, 11) is -3.54. The van der Waals surface area contributed by atoms with Crippen LogP contribution in [0.3, 0.4) is 0 Å². The molecule has 10 nitrogen and oxygen atoms in total. The first kappa shape index (κ1) is 40.4. The third kappa shape index (κ3) is 8.24. The summed E-state index contributed by atoms with van der Waals surface area (Å²) in [4.78, 5) is 31.9. The quantitative estimate of drug-likeness (QED) is 0.0477. The van der Waals surface area contributed by atoms with Gasteiger partial charge in [0.1, 0.15) is 42.3 Å². The van der Waals surface area contributed by atoms with E-state index in [0.717, 1.165) is 0 Å². The number of amides is 1. The van der Waals surface area contributed by atoms with Gasteiger partial charge in [0.05, 0.1) is 38.9 Å². The normalized spacial score (nSPS) is 19.3. The number of carbonyl (C=O) groups is 1. The van der Waals surface area contributed by atoms with E-state index in [1.807, 2.05) is 4.90 Å². The highest BCUT2D eigenvalue weighted by Gasteiger charge is 2.55. The number of halogens is 2. The number of aryl methyl sites for hydroxylation is 1. The summed E-state index contributed by atoms with van der Waals surface area (Å²) in [6.07, 6.45) is 2.23. The van der Waals surface area contributed by atoms with Crippen LogP contribution in [-0.2, 0) is 14.2 Å². The fraction of sp³-hybridized carbons (Fsp3) is 0.556. The van der Waals surface area contributed by atoms with E-state index in [2.05, 4.69) is 53.0 Å². The minimum absolute atomic E-state index is 0.00260. The number of fused-ring (bicyclic) bond motifs is 4.